The van der Waals surface area contributed by atoms with Gasteiger partial charge in [-0.25, -0.2) is 4.39 Å². The number of amides is 1. The van der Waals surface area contributed by atoms with E-state index < -0.39 is 0 Å². The molecule has 0 aliphatic rings. The molecule has 1 N–H and O–H groups in total. The van der Waals surface area contributed by atoms with Crippen molar-refractivity contribution in [3.05, 3.63) is 95.9 Å². The molecule has 0 radical (unpaired) electrons. The smallest absolute Gasteiger partial charge is 0.244 e. The molecule has 3 rings (SSSR count). The highest BCUT2D eigenvalue weighted by Gasteiger charge is 2.09. The summed E-state index contributed by atoms with van der Waals surface area (Å²) in [5, 5.41) is 2.90. The molecule has 1 atom stereocenters. The van der Waals surface area contributed by atoms with Gasteiger partial charge in [-0.1, -0.05) is 42.5 Å². The summed E-state index contributed by atoms with van der Waals surface area (Å²) in [6.07, 6.45) is 4.57. The fourth-order valence-electron chi connectivity index (χ4n) is 2.62. The largest absolute Gasteiger partial charge is 0.346 e. The lowest BCUT2D eigenvalue weighted by Gasteiger charge is -2.14. The molecule has 3 nitrogen and oxygen atoms in total. The number of nitrogens with zero attached hydrogens (tertiary/aromatic N) is 1. The molecular weight excluding hydrogens is 327 g/mol. The topological polar surface area (TPSA) is 42.0 Å². The quantitative estimate of drug-likeness (QED) is 0.676. The Morgan fingerprint density at radius 3 is 2.65 bits per heavy atom. The minimum Gasteiger partial charge on any atom is -0.346 e. The standard InChI is InChI=1S/C22H19FN2O/c1-16(25-22(26)13-12-17-7-2-3-10-20(17)23)18-8-6-9-19(15-18)21-11-4-5-14-24-21/h2-16H,1H3,(H,25,26)/t16-/m0/s1. The Kier molecular flexibility index (Phi) is 5.54. The number of hydrogen-bond acceptors (Lipinski definition) is 2. The molecule has 26 heavy (non-hydrogen) atoms. The van der Waals surface area contributed by atoms with E-state index in [9.17, 15) is 9.18 Å². The first-order chi connectivity index (χ1) is 12.6. The second-order valence-corrected chi connectivity index (χ2v) is 5.93. The predicted octanol–water partition coefficient (Wildman–Crippen LogP) is 4.78. The number of rotatable bonds is 5. The minimum atomic E-state index is -0.354. The maximum atomic E-state index is 13.6. The maximum absolute atomic E-state index is 13.6. The summed E-state index contributed by atoms with van der Waals surface area (Å²) >= 11 is 0. The van der Waals surface area contributed by atoms with Crippen LogP contribution < -0.4 is 5.32 Å². The fourth-order valence-corrected chi connectivity index (χ4v) is 2.62. The predicted molar refractivity (Wildman–Crippen MR) is 102 cm³/mol. The van der Waals surface area contributed by atoms with E-state index >= 15 is 0 Å². The number of aromatic nitrogens is 1. The zero-order valence-electron chi connectivity index (χ0n) is 14.4. The molecule has 0 saturated carbocycles. The second-order valence-electron chi connectivity index (χ2n) is 5.93. The van der Waals surface area contributed by atoms with Crippen molar-refractivity contribution in [3.63, 3.8) is 0 Å². The molecule has 2 aromatic carbocycles. The van der Waals surface area contributed by atoms with E-state index in [4.69, 9.17) is 0 Å². The van der Waals surface area contributed by atoms with Gasteiger partial charge in [-0.3, -0.25) is 9.78 Å². The van der Waals surface area contributed by atoms with Crippen LogP contribution in [-0.2, 0) is 4.79 Å². The summed E-state index contributed by atoms with van der Waals surface area (Å²) in [6, 6.07) is 19.8. The van der Waals surface area contributed by atoms with Gasteiger partial charge < -0.3 is 5.32 Å². The van der Waals surface area contributed by atoms with Gasteiger partial charge in [-0.2, -0.15) is 0 Å². The fraction of sp³-hybridized carbons (Fsp3) is 0.0909. The van der Waals surface area contributed by atoms with E-state index in [1.165, 1.54) is 18.2 Å². The van der Waals surface area contributed by atoms with Crippen LogP contribution in [0, 0.1) is 5.82 Å². The van der Waals surface area contributed by atoms with Crippen molar-refractivity contribution in [2.24, 2.45) is 0 Å². The Labute approximate surface area is 152 Å². The Morgan fingerprint density at radius 2 is 1.88 bits per heavy atom. The van der Waals surface area contributed by atoms with E-state index in [0.717, 1.165) is 16.8 Å². The number of carbonyl (C=O) groups is 1. The van der Waals surface area contributed by atoms with Crippen molar-refractivity contribution >= 4 is 12.0 Å². The Bertz CT molecular complexity index is 922. The first-order valence-electron chi connectivity index (χ1n) is 8.38. The van der Waals surface area contributed by atoms with E-state index in [0.29, 0.717) is 5.56 Å². The number of carbonyl (C=O) groups excluding carboxylic acids is 1. The van der Waals surface area contributed by atoms with Crippen molar-refractivity contribution in [1.82, 2.24) is 10.3 Å². The highest BCUT2D eigenvalue weighted by atomic mass is 19.1. The van der Waals surface area contributed by atoms with Crippen LogP contribution in [0.2, 0.25) is 0 Å². The molecular formula is C22H19FN2O. The molecule has 4 heteroatoms. The van der Waals surface area contributed by atoms with Gasteiger partial charge in [0.25, 0.3) is 0 Å². The average Bonchev–Trinajstić information content (AvgIpc) is 2.68. The van der Waals surface area contributed by atoms with Crippen LogP contribution >= 0.6 is 0 Å². The molecule has 1 heterocycles. The first-order valence-corrected chi connectivity index (χ1v) is 8.38. The Balaban J connectivity index is 1.69. The molecule has 0 aliphatic heterocycles. The van der Waals surface area contributed by atoms with Gasteiger partial charge in [-0.15, -0.1) is 0 Å². The number of benzene rings is 2. The third-order valence-corrected chi connectivity index (χ3v) is 4.03. The van der Waals surface area contributed by atoms with Gasteiger partial charge in [-0.05, 0) is 42.8 Å². The lowest BCUT2D eigenvalue weighted by molar-refractivity contribution is -0.117. The minimum absolute atomic E-state index is 0.184. The summed E-state index contributed by atoms with van der Waals surface area (Å²) in [4.78, 5) is 16.5. The average molecular weight is 346 g/mol. The third-order valence-electron chi connectivity index (χ3n) is 4.03. The third kappa shape index (κ3) is 4.42. The highest BCUT2D eigenvalue weighted by molar-refractivity contribution is 5.92. The molecule has 1 aromatic heterocycles. The molecule has 0 fully saturated rings. The summed E-state index contributed by atoms with van der Waals surface area (Å²) < 4.78 is 13.6. The zero-order chi connectivity index (χ0) is 18.4. The molecule has 0 bridgehead atoms. The van der Waals surface area contributed by atoms with E-state index in [-0.39, 0.29) is 17.8 Å². The van der Waals surface area contributed by atoms with Gasteiger partial charge in [0.15, 0.2) is 0 Å². The van der Waals surface area contributed by atoms with Crippen LogP contribution in [0.4, 0.5) is 4.39 Å². The SMILES string of the molecule is C[C@H](NC(=O)C=Cc1ccccc1F)c1cccc(-c2ccccn2)c1. The van der Waals surface area contributed by atoms with E-state index in [1.54, 1.807) is 24.4 Å². The molecule has 0 saturated heterocycles. The zero-order valence-corrected chi connectivity index (χ0v) is 14.4. The van der Waals surface area contributed by atoms with Gasteiger partial charge >= 0.3 is 0 Å². The van der Waals surface area contributed by atoms with E-state index in [2.05, 4.69) is 10.3 Å². The van der Waals surface area contributed by atoms with Crippen molar-refractivity contribution in [1.29, 1.82) is 0 Å². The van der Waals surface area contributed by atoms with Crippen molar-refractivity contribution in [2.75, 3.05) is 0 Å². The summed E-state index contributed by atoms with van der Waals surface area (Å²) in [7, 11) is 0. The van der Waals surface area contributed by atoms with Gasteiger partial charge in [0.1, 0.15) is 5.82 Å². The molecule has 130 valence electrons. The summed E-state index contributed by atoms with van der Waals surface area (Å²) in [5.41, 5.74) is 3.23. The molecule has 0 spiro atoms. The Morgan fingerprint density at radius 1 is 1.08 bits per heavy atom. The van der Waals surface area contributed by atoms with Crippen LogP contribution in [0.25, 0.3) is 17.3 Å². The second kappa shape index (κ2) is 8.21. The van der Waals surface area contributed by atoms with Gasteiger partial charge in [0.05, 0.1) is 11.7 Å². The number of nitrogens with one attached hydrogen (secondary N) is 1. The number of halogens is 1. The highest BCUT2D eigenvalue weighted by Crippen LogP contribution is 2.21. The molecule has 1 amide bonds. The number of pyridine rings is 1. The van der Waals surface area contributed by atoms with Crippen LogP contribution in [0.15, 0.2) is 79.0 Å². The van der Waals surface area contributed by atoms with Gasteiger partial charge in [0, 0.05) is 23.4 Å². The number of hydrogen-bond donors (Lipinski definition) is 1. The molecule has 0 aliphatic carbocycles. The molecule has 0 unspecified atom stereocenters. The monoisotopic (exact) mass is 346 g/mol. The van der Waals surface area contributed by atoms with Crippen molar-refractivity contribution < 1.29 is 9.18 Å². The van der Waals surface area contributed by atoms with Crippen LogP contribution in [0.3, 0.4) is 0 Å². The normalized spacial score (nSPS) is 12.1. The maximum Gasteiger partial charge on any atom is 0.244 e. The van der Waals surface area contributed by atoms with Crippen molar-refractivity contribution in [2.45, 2.75) is 13.0 Å². The molecule has 3 aromatic rings. The van der Waals surface area contributed by atoms with Gasteiger partial charge in [0.2, 0.25) is 5.91 Å². The van der Waals surface area contributed by atoms with Crippen LogP contribution in [0.1, 0.15) is 24.1 Å². The van der Waals surface area contributed by atoms with Crippen LogP contribution in [-0.4, -0.2) is 10.9 Å². The first kappa shape index (κ1) is 17.5. The summed E-state index contributed by atoms with van der Waals surface area (Å²) in [6.45, 7) is 1.91. The van der Waals surface area contributed by atoms with E-state index in [1.807, 2.05) is 49.4 Å². The van der Waals surface area contributed by atoms with Crippen molar-refractivity contribution in [3.8, 4) is 11.3 Å². The Hall–Kier alpha value is -3.27. The lowest BCUT2D eigenvalue weighted by atomic mass is 10.0. The lowest BCUT2D eigenvalue weighted by Crippen LogP contribution is -2.24. The van der Waals surface area contributed by atoms with Crippen LogP contribution in [0.5, 0.6) is 0 Å². The summed E-state index contributed by atoms with van der Waals surface area (Å²) in [5.74, 6) is -0.628.